The SMILES string of the molecule is CC1(C)c2ccccc2-c2ccc(-c3ccc(-c4ccc(N(c5cccc(-c6ccccc6)c5)c5ccc6c(c5)C(c5ccccc5)(c5ccccc5)c5ccccc5-6)cc4)cc3)cc21. The number of nitrogens with zero attached hydrogens (tertiary/aromatic N) is 1. The lowest BCUT2D eigenvalue weighted by Gasteiger charge is -2.35. The molecular weight excluding hydrogens is 783 g/mol. The lowest BCUT2D eigenvalue weighted by Crippen LogP contribution is -2.28. The second kappa shape index (κ2) is 15.4. The Bertz CT molecular complexity index is 3320. The molecule has 0 radical (unpaired) electrons. The first-order valence-electron chi connectivity index (χ1n) is 22.7. The van der Waals surface area contributed by atoms with Gasteiger partial charge in [-0.25, -0.2) is 0 Å². The van der Waals surface area contributed by atoms with E-state index in [0.717, 1.165) is 17.1 Å². The molecule has 0 saturated heterocycles. The highest BCUT2D eigenvalue weighted by atomic mass is 15.1. The Kier molecular flexibility index (Phi) is 9.14. The van der Waals surface area contributed by atoms with Crippen molar-refractivity contribution in [1.82, 2.24) is 0 Å². The van der Waals surface area contributed by atoms with E-state index in [4.69, 9.17) is 0 Å². The quantitative estimate of drug-likeness (QED) is 0.147. The van der Waals surface area contributed by atoms with E-state index in [-0.39, 0.29) is 5.41 Å². The highest BCUT2D eigenvalue weighted by molar-refractivity contribution is 5.90. The molecule has 10 aromatic carbocycles. The van der Waals surface area contributed by atoms with Gasteiger partial charge in [0, 0.05) is 22.5 Å². The van der Waals surface area contributed by atoms with Gasteiger partial charge in [0.2, 0.25) is 0 Å². The summed E-state index contributed by atoms with van der Waals surface area (Å²) in [6.45, 7) is 4.70. The normalized spacial score (nSPS) is 13.6. The van der Waals surface area contributed by atoms with E-state index < -0.39 is 5.41 Å². The van der Waals surface area contributed by atoms with Gasteiger partial charge in [-0.3, -0.25) is 0 Å². The largest absolute Gasteiger partial charge is 0.310 e. The summed E-state index contributed by atoms with van der Waals surface area (Å²) in [6.07, 6.45) is 0. The average Bonchev–Trinajstić information content (AvgIpc) is 3.80. The van der Waals surface area contributed by atoms with Gasteiger partial charge in [-0.2, -0.15) is 0 Å². The maximum absolute atomic E-state index is 2.45. The zero-order valence-corrected chi connectivity index (χ0v) is 36.6. The molecule has 0 fully saturated rings. The second-order valence-corrected chi connectivity index (χ2v) is 18.1. The molecule has 0 aliphatic heterocycles. The molecule has 2 aliphatic carbocycles. The van der Waals surface area contributed by atoms with Crippen molar-refractivity contribution in [2.45, 2.75) is 24.7 Å². The molecular formula is C64H47N. The predicted molar refractivity (Wildman–Crippen MR) is 272 cm³/mol. The summed E-state index contributed by atoms with van der Waals surface area (Å²) in [4.78, 5) is 2.43. The van der Waals surface area contributed by atoms with Crippen molar-refractivity contribution in [1.29, 1.82) is 0 Å². The highest BCUT2D eigenvalue weighted by Gasteiger charge is 2.46. The van der Waals surface area contributed by atoms with Gasteiger partial charge in [-0.05, 0) is 131 Å². The molecule has 65 heavy (non-hydrogen) atoms. The maximum Gasteiger partial charge on any atom is 0.0714 e. The third-order valence-corrected chi connectivity index (χ3v) is 14.2. The number of hydrogen-bond donors (Lipinski definition) is 0. The molecule has 0 spiro atoms. The van der Waals surface area contributed by atoms with Gasteiger partial charge in [0.1, 0.15) is 0 Å². The summed E-state index contributed by atoms with van der Waals surface area (Å²) >= 11 is 0. The molecule has 0 bridgehead atoms. The molecule has 12 rings (SSSR count). The monoisotopic (exact) mass is 829 g/mol. The fraction of sp³-hybridized carbons (Fsp3) is 0.0625. The molecule has 0 aromatic heterocycles. The lowest BCUT2D eigenvalue weighted by atomic mass is 9.67. The highest BCUT2D eigenvalue weighted by Crippen LogP contribution is 2.57. The molecule has 0 unspecified atom stereocenters. The number of fused-ring (bicyclic) bond motifs is 6. The van der Waals surface area contributed by atoms with Crippen molar-refractivity contribution < 1.29 is 0 Å². The molecule has 0 saturated carbocycles. The van der Waals surface area contributed by atoms with Gasteiger partial charge in [-0.1, -0.05) is 220 Å². The second-order valence-electron chi connectivity index (χ2n) is 18.1. The first-order chi connectivity index (χ1) is 32.0. The third-order valence-electron chi connectivity index (χ3n) is 14.2. The van der Waals surface area contributed by atoms with Crippen molar-refractivity contribution in [2.24, 2.45) is 0 Å². The van der Waals surface area contributed by atoms with Crippen LogP contribution in [-0.4, -0.2) is 0 Å². The Morgan fingerprint density at radius 1 is 0.262 bits per heavy atom. The van der Waals surface area contributed by atoms with Gasteiger partial charge >= 0.3 is 0 Å². The molecule has 0 N–H and O–H groups in total. The molecule has 10 aromatic rings. The van der Waals surface area contributed by atoms with Crippen LogP contribution in [0.2, 0.25) is 0 Å². The van der Waals surface area contributed by atoms with E-state index in [1.807, 2.05) is 0 Å². The van der Waals surface area contributed by atoms with E-state index in [2.05, 4.69) is 267 Å². The molecule has 0 amide bonds. The van der Waals surface area contributed by atoms with Crippen molar-refractivity contribution in [2.75, 3.05) is 4.90 Å². The summed E-state index contributed by atoms with van der Waals surface area (Å²) in [5.41, 5.74) is 23.2. The van der Waals surface area contributed by atoms with E-state index in [9.17, 15) is 0 Å². The summed E-state index contributed by atoms with van der Waals surface area (Å²) in [7, 11) is 0. The van der Waals surface area contributed by atoms with E-state index in [1.165, 1.54) is 89.0 Å². The average molecular weight is 830 g/mol. The number of rotatable bonds is 8. The van der Waals surface area contributed by atoms with Gasteiger partial charge in [0.15, 0.2) is 0 Å². The fourth-order valence-electron chi connectivity index (χ4n) is 11.0. The smallest absolute Gasteiger partial charge is 0.0714 e. The van der Waals surface area contributed by atoms with E-state index in [0.29, 0.717) is 0 Å². The van der Waals surface area contributed by atoms with Gasteiger partial charge in [0.05, 0.1) is 5.41 Å². The molecule has 1 heteroatoms. The van der Waals surface area contributed by atoms with Crippen LogP contribution in [0.15, 0.2) is 249 Å². The Morgan fingerprint density at radius 3 is 1.34 bits per heavy atom. The van der Waals surface area contributed by atoms with Crippen molar-refractivity contribution in [3.63, 3.8) is 0 Å². The Hall–Kier alpha value is -8.00. The van der Waals surface area contributed by atoms with Crippen LogP contribution in [0.25, 0.3) is 55.6 Å². The first kappa shape index (κ1) is 38.7. The maximum atomic E-state index is 2.45. The van der Waals surface area contributed by atoms with Gasteiger partial charge in [0.25, 0.3) is 0 Å². The Labute approximate surface area is 382 Å². The predicted octanol–water partition coefficient (Wildman–Crippen LogP) is 16.8. The van der Waals surface area contributed by atoms with Crippen LogP contribution in [0.5, 0.6) is 0 Å². The number of benzene rings is 10. The van der Waals surface area contributed by atoms with Crippen LogP contribution in [0.4, 0.5) is 17.1 Å². The molecule has 0 heterocycles. The van der Waals surface area contributed by atoms with Crippen LogP contribution in [0.3, 0.4) is 0 Å². The summed E-state index contributed by atoms with van der Waals surface area (Å²) in [5, 5.41) is 0. The standard InChI is InChI=1S/C64H47N/c1-63(2)59-27-14-12-25-55(59)57-39-35-49(42-61(57)63)47-31-29-45(30-32-47)46-33-36-52(37-34-46)65(53-24-16-19-48(41-53)44-17-6-3-7-18-44)54-38-40-58-56-26-13-15-28-60(56)64(62(58)43-54,50-20-8-4-9-21-50)51-22-10-5-11-23-51/h3-43H,1-2H3. The molecule has 308 valence electrons. The van der Waals surface area contributed by atoms with Crippen molar-refractivity contribution >= 4 is 17.1 Å². The van der Waals surface area contributed by atoms with Crippen LogP contribution in [-0.2, 0) is 10.8 Å². The minimum absolute atomic E-state index is 0.0297. The van der Waals surface area contributed by atoms with Crippen LogP contribution >= 0.6 is 0 Å². The molecule has 1 nitrogen and oxygen atoms in total. The molecule has 0 atom stereocenters. The summed E-state index contributed by atoms with van der Waals surface area (Å²) in [6, 6.07) is 91.9. The van der Waals surface area contributed by atoms with Gasteiger partial charge < -0.3 is 4.90 Å². The Morgan fingerprint density at radius 2 is 0.677 bits per heavy atom. The van der Waals surface area contributed by atoms with Gasteiger partial charge in [-0.15, -0.1) is 0 Å². The Balaban J connectivity index is 0.956. The fourth-order valence-corrected chi connectivity index (χ4v) is 11.0. The zero-order valence-electron chi connectivity index (χ0n) is 36.6. The van der Waals surface area contributed by atoms with Crippen molar-refractivity contribution in [3.8, 4) is 55.6 Å². The summed E-state index contributed by atoms with van der Waals surface area (Å²) in [5.74, 6) is 0. The van der Waals surface area contributed by atoms with Crippen LogP contribution in [0.1, 0.15) is 47.2 Å². The van der Waals surface area contributed by atoms with Crippen LogP contribution in [0, 0.1) is 0 Å². The van der Waals surface area contributed by atoms with E-state index >= 15 is 0 Å². The molecule has 2 aliphatic rings. The number of anilines is 3. The first-order valence-corrected chi connectivity index (χ1v) is 22.7. The van der Waals surface area contributed by atoms with Crippen molar-refractivity contribution in [3.05, 3.63) is 282 Å². The number of hydrogen-bond acceptors (Lipinski definition) is 1. The lowest BCUT2D eigenvalue weighted by molar-refractivity contribution is 0.660. The third kappa shape index (κ3) is 6.22. The minimum Gasteiger partial charge on any atom is -0.310 e. The van der Waals surface area contributed by atoms with E-state index in [1.54, 1.807) is 0 Å². The van der Waals surface area contributed by atoms with Crippen LogP contribution < -0.4 is 4.90 Å². The zero-order chi connectivity index (χ0) is 43.5. The topological polar surface area (TPSA) is 3.24 Å². The summed E-state index contributed by atoms with van der Waals surface area (Å²) < 4.78 is 0. The minimum atomic E-state index is -0.501.